The molecule has 4 N–H and O–H groups in total. The Morgan fingerprint density at radius 3 is 2.65 bits per heavy atom. The summed E-state index contributed by atoms with van der Waals surface area (Å²) in [7, 11) is 1.66. The third-order valence-electron chi connectivity index (χ3n) is 3.60. The third kappa shape index (κ3) is 5.35. The summed E-state index contributed by atoms with van der Waals surface area (Å²) in [5.74, 6) is -0.819. The second-order valence-corrected chi connectivity index (χ2v) is 7.35. The van der Waals surface area contributed by atoms with E-state index in [9.17, 15) is 14.4 Å². The van der Waals surface area contributed by atoms with E-state index >= 15 is 0 Å². The number of nitrogens with two attached hydrogens (primary N) is 1. The fraction of sp³-hybridized carbons (Fsp3) is 0.250. The van der Waals surface area contributed by atoms with Gasteiger partial charge in [-0.3, -0.25) is 19.3 Å². The number of hydrogen-bond donors (Lipinski definition) is 3. The lowest BCUT2D eigenvalue weighted by atomic mass is 10.2. The van der Waals surface area contributed by atoms with Crippen LogP contribution in [0.3, 0.4) is 0 Å². The highest BCUT2D eigenvalue weighted by atomic mass is 79.9. The SMILES string of the molecule is CC(C(=O)Nc1sccc1C(N)=O)N(C)CC(=O)Nc1ccc(Br)cn1. The molecule has 0 radical (unpaired) electrons. The van der Waals surface area contributed by atoms with E-state index in [1.807, 2.05) is 0 Å². The lowest BCUT2D eigenvalue weighted by molar-refractivity contribution is -0.122. The molecule has 0 aliphatic heterocycles. The van der Waals surface area contributed by atoms with Gasteiger partial charge in [-0.1, -0.05) is 0 Å². The molecule has 0 spiro atoms. The number of nitrogens with one attached hydrogen (secondary N) is 2. The first-order chi connectivity index (χ1) is 12.3. The van der Waals surface area contributed by atoms with Gasteiger partial charge < -0.3 is 16.4 Å². The van der Waals surface area contributed by atoms with Gasteiger partial charge in [0.25, 0.3) is 5.91 Å². The molecule has 2 aromatic rings. The van der Waals surface area contributed by atoms with Crippen LogP contribution in [0.4, 0.5) is 10.8 Å². The van der Waals surface area contributed by atoms with E-state index < -0.39 is 11.9 Å². The largest absolute Gasteiger partial charge is 0.366 e. The molecule has 0 aliphatic rings. The quantitative estimate of drug-likeness (QED) is 0.608. The average Bonchev–Trinajstić information content (AvgIpc) is 3.04. The van der Waals surface area contributed by atoms with Crippen molar-refractivity contribution in [3.05, 3.63) is 39.8 Å². The summed E-state index contributed by atoms with van der Waals surface area (Å²) in [6.45, 7) is 1.66. The molecular formula is C16H18BrN5O3S. The van der Waals surface area contributed by atoms with Crippen LogP contribution < -0.4 is 16.4 Å². The van der Waals surface area contributed by atoms with Gasteiger partial charge in [0.2, 0.25) is 11.8 Å². The van der Waals surface area contributed by atoms with Crippen molar-refractivity contribution >= 4 is 55.8 Å². The maximum absolute atomic E-state index is 12.4. The number of pyridine rings is 1. The molecule has 0 aliphatic carbocycles. The number of thiophene rings is 1. The number of primary amides is 1. The van der Waals surface area contributed by atoms with E-state index in [1.165, 1.54) is 11.3 Å². The van der Waals surface area contributed by atoms with Gasteiger partial charge in [0, 0.05) is 10.7 Å². The van der Waals surface area contributed by atoms with Crippen molar-refractivity contribution in [2.45, 2.75) is 13.0 Å². The van der Waals surface area contributed by atoms with Crippen LogP contribution in [-0.4, -0.2) is 47.2 Å². The molecule has 26 heavy (non-hydrogen) atoms. The van der Waals surface area contributed by atoms with E-state index in [-0.39, 0.29) is 23.9 Å². The molecule has 8 nitrogen and oxygen atoms in total. The fourth-order valence-electron chi connectivity index (χ4n) is 2.01. The fourth-order valence-corrected chi connectivity index (χ4v) is 3.04. The van der Waals surface area contributed by atoms with E-state index in [4.69, 9.17) is 5.73 Å². The van der Waals surface area contributed by atoms with Crippen molar-refractivity contribution in [3.63, 3.8) is 0 Å². The monoisotopic (exact) mass is 439 g/mol. The van der Waals surface area contributed by atoms with Gasteiger partial charge in [0.05, 0.1) is 18.2 Å². The molecule has 0 saturated carbocycles. The van der Waals surface area contributed by atoms with Crippen LogP contribution in [0.1, 0.15) is 17.3 Å². The van der Waals surface area contributed by atoms with E-state index in [0.29, 0.717) is 10.8 Å². The molecule has 1 unspecified atom stereocenters. The number of carbonyl (C=O) groups is 3. The Bertz CT molecular complexity index is 808. The number of carbonyl (C=O) groups excluding carboxylic acids is 3. The Kier molecular flexibility index (Phi) is 6.83. The summed E-state index contributed by atoms with van der Waals surface area (Å²) in [5, 5.41) is 7.39. The van der Waals surface area contributed by atoms with Crippen molar-refractivity contribution < 1.29 is 14.4 Å². The zero-order chi connectivity index (χ0) is 19.3. The highest BCUT2D eigenvalue weighted by molar-refractivity contribution is 9.10. The third-order valence-corrected chi connectivity index (χ3v) is 4.89. The van der Waals surface area contributed by atoms with Gasteiger partial charge >= 0.3 is 0 Å². The van der Waals surface area contributed by atoms with Crippen molar-refractivity contribution in [2.24, 2.45) is 5.73 Å². The summed E-state index contributed by atoms with van der Waals surface area (Å²) in [6.07, 6.45) is 1.58. The minimum absolute atomic E-state index is 0.000548. The maximum atomic E-state index is 12.4. The molecule has 0 fully saturated rings. The van der Waals surface area contributed by atoms with Gasteiger partial charge in [-0.05, 0) is 53.5 Å². The number of aromatic nitrogens is 1. The Labute approximate surface area is 162 Å². The Morgan fingerprint density at radius 1 is 1.31 bits per heavy atom. The Hall–Kier alpha value is -2.30. The number of nitrogens with zero attached hydrogens (tertiary/aromatic N) is 2. The van der Waals surface area contributed by atoms with Crippen molar-refractivity contribution in [3.8, 4) is 0 Å². The average molecular weight is 440 g/mol. The molecule has 1 atom stereocenters. The predicted octanol–water partition coefficient (Wildman–Crippen LogP) is 1.90. The summed E-state index contributed by atoms with van der Waals surface area (Å²) in [5.41, 5.74) is 5.52. The summed E-state index contributed by atoms with van der Waals surface area (Å²) < 4.78 is 0.807. The van der Waals surface area contributed by atoms with Crippen LogP contribution in [0, 0.1) is 0 Å². The van der Waals surface area contributed by atoms with Gasteiger partial charge in [0.1, 0.15) is 10.8 Å². The normalized spacial score (nSPS) is 11.8. The lowest BCUT2D eigenvalue weighted by Crippen LogP contribution is -2.43. The van der Waals surface area contributed by atoms with Gasteiger partial charge in [0.15, 0.2) is 0 Å². The minimum Gasteiger partial charge on any atom is -0.366 e. The van der Waals surface area contributed by atoms with Crippen LogP contribution in [0.5, 0.6) is 0 Å². The van der Waals surface area contributed by atoms with Gasteiger partial charge in [-0.25, -0.2) is 4.98 Å². The summed E-state index contributed by atoms with van der Waals surface area (Å²) >= 11 is 4.48. The Morgan fingerprint density at radius 2 is 2.04 bits per heavy atom. The first-order valence-electron chi connectivity index (χ1n) is 7.57. The van der Waals surface area contributed by atoms with E-state index in [2.05, 4.69) is 31.5 Å². The highest BCUT2D eigenvalue weighted by Crippen LogP contribution is 2.23. The van der Waals surface area contributed by atoms with Crippen LogP contribution in [0.2, 0.25) is 0 Å². The second kappa shape index (κ2) is 8.88. The topological polar surface area (TPSA) is 117 Å². The zero-order valence-electron chi connectivity index (χ0n) is 14.2. The first-order valence-corrected chi connectivity index (χ1v) is 9.25. The van der Waals surface area contributed by atoms with E-state index in [0.717, 1.165) is 4.47 Å². The molecule has 0 bridgehead atoms. The van der Waals surface area contributed by atoms with Crippen molar-refractivity contribution in [1.29, 1.82) is 0 Å². The van der Waals surface area contributed by atoms with Gasteiger partial charge in [-0.15, -0.1) is 11.3 Å². The molecule has 138 valence electrons. The molecule has 10 heteroatoms. The van der Waals surface area contributed by atoms with Crippen LogP contribution in [0.15, 0.2) is 34.2 Å². The lowest BCUT2D eigenvalue weighted by Gasteiger charge is -2.23. The maximum Gasteiger partial charge on any atom is 0.251 e. The number of hydrogen-bond acceptors (Lipinski definition) is 6. The minimum atomic E-state index is -0.607. The zero-order valence-corrected chi connectivity index (χ0v) is 16.6. The molecule has 2 rings (SSSR count). The number of rotatable bonds is 7. The molecule has 2 heterocycles. The summed E-state index contributed by atoms with van der Waals surface area (Å²) in [6, 6.07) is 4.39. The van der Waals surface area contributed by atoms with E-state index in [1.54, 1.807) is 48.6 Å². The number of amides is 3. The van der Waals surface area contributed by atoms with Crippen LogP contribution in [-0.2, 0) is 9.59 Å². The number of anilines is 2. The second-order valence-electron chi connectivity index (χ2n) is 5.52. The van der Waals surface area contributed by atoms with Crippen molar-refractivity contribution in [1.82, 2.24) is 9.88 Å². The Balaban J connectivity index is 1.91. The molecule has 2 aromatic heterocycles. The molecule has 3 amide bonds. The number of likely N-dealkylation sites (N-methyl/N-ethyl adjacent to an activating group) is 1. The smallest absolute Gasteiger partial charge is 0.251 e. The molecule has 0 aromatic carbocycles. The standard InChI is InChI=1S/C16H18BrN5O3S/c1-9(15(25)21-16-11(14(18)24)5-6-26-16)22(2)8-13(23)20-12-4-3-10(17)7-19-12/h3-7,9H,8H2,1-2H3,(H2,18,24)(H,21,25)(H,19,20,23). The van der Waals surface area contributed by atoms with Crippen LogP contribution >= 0.6 is 27.3 Å². The molecule has 0 saturated heterocycles. The van der Waals surface area contributed by atoms with Gasteiger partial charge in [-0.2, -0.15) is 0 Å². The first kappa shape index (κ1) is 20.0. The summed E-state index contributed by atoms with van der Waals surface area (Å²) in [4.78, 5) is 41.4. The van der Waals surface area contributed by atoms with Crippen molar-refractivity contribution in [2.75, 3.05) is 24.2 Å². The van der Waals surface area contributed by atoms with Crippen LogP contribution in [0.25, 0.3) is 0 Å². The number of halogens is 1. The predicted molar refractivity (Wildman–Crippen MR) is 104 cm³/mol. The molecular weight excluding hydrogens is 422 g/mol. The highest BCUT2D eigenvalue weighted by Gasteiger charge is 2.22.